The lowest BCUT2D eigenvalue weighted by atomic mass is 10.2. The fourth-order valence-corrected chi connectivity index (χ4v) is 2.80. The van der Waals surface area contributed by atoms with Crippen molar-refractivity contribution in [1.82, 2.24) is 9.88 Å². The van der Waals surface area contributed by atoms with Crippen LogP contribution >= 0.6 is 11.3 Å². The molecule has 1 atom stereocenters. The van der Waals surface area contributed by atoms with E-state index in [-0.39, 0.29) is 0 Å². The Morgan fingerprint density at radius 2 is 2.57 bits per heavy atom. The second-order valence-electron chi connectivity index (χ2n) is 3.54. The fraction of sp³-hybridized carbons (Fsp3) is 0.600. The van der Waals surface area contributed by atoms with Gasteiger partial charge in [-0.05, 0) is 12.8 Å². The smallest absolute Gasteiger partial charge is 0.115 e. The third kappa shape index (κ3) is 1.66. The van der Waals surface area contributed by atoms with Crippen LogP contribution in [0.4, 0.5) is 0 Å². The van der Waals surface area contributed by atoms with Gasteiger partial charge in [0.2, 0.25) is 0 Å². The molecule has 0 spiro atoms. The lowest BCUT2D eigenvalue weighted by Gasteiger charge is -2.26. The molecule has 0 bridgehead atoms. The quantitative estimate of drug-likeness (QED) is 0.831. The number of hydrogen-bond acceptors (Lipinski definition) is 3. The van der Waals surface area contributed by atoms with Gasteiger partial charge < -0.3 is 4.90 Å². The Morgan fingerprint density at radius 1 is 1.71 bits per heavy atom. The van der Waals surface area contributed by atoms with Crippen LogP contribution in [-0.4, -0.2) is 22.3 Å². The fourth-order valence-electron chi connectivity index (χ4n) is 1.97. The first-order chi connectivity index (χ1) is 6.83. The normalized spacial score (nSPS) is 18.9. The zero-order valence-corrected chi connectivity index (χ0v) is 9.18. The molecular formula is C10H15N3S. The average Bonchev–Trinajstić information content (AvgIpc) is 2.80. The van der Waals surface area contributed by atoms with Gasteiger partial charge in [-0.25, -0.2) is 4.98 Å². The van der Waals surface area contributed by atoms with Crippen LogP contribution in [0.3, 0.4) is 0 Å². The minimum atomic E-state index is 0.338. The Bertz CT molecular complexity index is 307. The molecule has 0 aliphatic carbocycles. The van der Waals surface area contributed by atoms with Crippen LogP contribution < -0.4 is 0 Å². The van der Waals surface area contributed by atoms with E-state index in [4.69, 9.17) is 5.41 Å². The van der Waals surface area contributed by atoms with Crippen molar-refractivity contribution in [1.29, 1.82) is 5.41 Å². The zero-order valence-electron chi connectivity index (χ0n) is 8.36. The van der Waals surface area contributed by atoms with Crippen LogP contribution in [0.5, 0.6) is 0 Å². The van der Waals surface area contributed by atoms with Crippen LogP contribution in [0, 0.1) is 5.41 Å². The van der Waals surface area contributed by atoms with E-state index in [1.807, 2.05) is 11.6 Å². The maximum Gasteiger partial charge on any atom is 0.115 e. The maximum atomic E-state index is 7.84. The molecule has 0 radical (unpaired) electrons. The summed E-state index contributed by atoms with van der Waals surface area (Å²) in [7, 11) is 0. The summed E-state index contributed by atoms with van der Waals surface area (Å²) in [5.74, 6) is 0.784. The summed E-state index contributed by atoms with van der Waals surface area (Å²) in [6.07, 6.45) is 4.95. The van der Waals surface area contributed by atoms with E-state index in [2.05, 4.69) is 16.8 Å². The highest BCUT2D eigenvalue weighted by Gasteiger charge is 2.26. The number of thiazole rings is 1. The van der Waals surface area contributed by atoms with E-state index < -0.39 is 0 Å². The SMILES string of the molecule is CCC(c1nccs1)N1CCCC1=N. The Morgan fingerprint density at radius 3 is 3.07 bits per heavy atom. The molecule has 1 saturated heterocycles. The highest BCUT2D eigenvalue weighted by atomic mass is 32.1. The third-order valence-electron chi connectivity index (χ3n) is 2.66. The number of amidine groups is 1. The van der Waals surface area contributed by atoms with E-state index >= 15 is 0 Å². The molecule has 0 aromatic carbocycles. The van der Waals surface area contributed by atoms with Gasteiger partial charge in [0.05, 0.1) is 11.9 Å². The van der Waals surface area contributed by atoms with Crippen molar-refractivity contribution >= 4 is 17.2 Å². The predicted octanol–water partition coefficient (Wildman–Crippen LogP) is 2.67. The summed E-state index contributed by atoms with van der Waals surface area (Å²) in [6.45, 7) is 3.19. The molecule has 4 heteroatoms. The molecule has 2 rings (SSSR count). The Labute approximate surface area is 88.3 Å². The summed E-state index contributed by atoms with van der Waals surface area (Å²) in [6, 6.07) is 0.338. The minimum absolute atomic E-state index is 0.338. The number of rotatable bonds is 3. The second-order valence-corrected chi connectivity index (χ2v) is 4.46. The lowest BCUT2D eigenvalue weighted by Crippen LogP contribution is -2.28. The van der Waals surface area contributed by atoms with Crippen molar-refractivity contribution in [3.63, 3.8) is 0 Å². The van der Waals surface area contributed by atoms with Crippen LogP contribution in [-0.2, 0) is 0 Å². The first-order valence-electron chi connectivity index (χ1n) is 5.06. The van der Waals surface area contributed by atoms with Gasteiger partial charge in [-0.3, -0.25) is 5.41 Å². The molecule has 0 amide bonds. The number of hydrogen-bond donors (Lipinski definition) is 1. The molecule has 76 valence electrons. The summed E-state index contributed by atoms with van der Waals surface area (Å²) < 4.78 is 0. The van der Waals surface area contributed by atoms with Gasteiger partial charge in [0.15, 0.2) is 0 Å². The van der Waals surface area contributed by atoms with Crippen molar-refractivity contribution in [3.05, 3.63) is 16.6 Å². The molecule has 14 heavy (non-hydrogen) atoms. The Balaban J connectivity index is 2.17. The van der Waals surface area contributed by atoms with E-state index in [1.54, 1.807) is 11.3 Å². The van der Waals surface area contributed by atoms with E-state index in [9.17, 15) is 0 Å². The summed E-state index contributed by atoms with van der Waals surface area (Å²) in [4.78, 5) is 6.54. The number of aromatic nitrogens is 1. The molecule has 2 heterocycles. The molecule has 0 saturated carbocycles. The Kier molecular flexibility index (Phi) is 2.82. The molecule has 1 aliphatic rings. The zero-order chi connectivity index (χ0) is 9.97. The van der Waals surface area contributed by atoms with Gasteiger partial charge in [0, 0.05) is 24.5 Å². The van der Waals surface area contributed by atoms with Gasteiger partial charge in [-0.15, -0.1) is 11.3 Å². The summed E-state index contributed by atoms with van der Waals surface area (Å²) in [5.41, 5.74) is 0. The van der Waals surface area contributed by atoms with Crippen LogP contribution in [0.2, 0.25) is 0 Å². The van der Waals surface area contributed by atoms with E-state index in [1.165, 1.54) is 0 Å². The van der Waals surface area contributed by atoms with Crippen molar-refractivity contribution in [2.24, 2.45) is 0 Å². The molecule has 1 aromatic rings. The van der Waals surface area contributed by atoms with Gasteiger partial charge in [0.1, 0.15) is 5.01 Å². The van der Waals surface area contributed by atoms with Gasteiger partial charge in [-0.1, -0.05) is 6.92 Å². The van der Waals surface area contributed by atoms with Crippen LogP contribution in [0.15, 0.2) is 11.6 Å². The second kappa shape index (κ2) is 4.09. The van der Waals surface area contributed by atoms with Crippen molar-refractivity contribution in [2.75, 3.05) is 6.54 Å². The molecule has 1 N–H and O–H groups in total. The van der Waals surface area contributed by atoms with Crippen LogP contribution in [0.25, 0.3) is 0 Å². The highest BCUT2D eigenvalue weighted by Crippen LogP contribution is 2.29. The first-order valence-corrected chi connectivity index (χ1v) is 5.94. The van der Waals surface area contributed by atoms with Gasteiger partial charge in [-0.2, -0.15) is 0 Å². The van der Waals surface area contributed by atoms with Crippen molar-refractivity contribution in [3.8, 4) is 0 Å². The third-order valence-corrected chi connectivity index (χ3v) is 3.54. The monoisotopic (exact) mass is 209 g/mol. The topological polar surface area (TPSA) is 40.0 Å². The number of nitrogens with one attached hydrogen (secondary N) is 1. The van der Waals surface area contributed by atoms with Gasteiger partial charge in [0.25, 0.3) is 0 Å². The molecule has 1 unspecified atom stereocenters. The minimum Gasteiger partial charge on any atom is -0.351 e. The van der Waals surface area contributed by atoms with Crippen molar-refractivity contribution in [2.45, 2.75) is 32.2 Å². The van der Waals surface area contributed by atoms with E-state index in [0.29, 0.717) is 6.04 Å². The summed E-state index contributed by atoms with van der Waals surface area (Å²) in [5, 5.41) is 11.0. The largest absolute Gasteiger partial charge is 0.351 e. The average molecular weight is 209 g/mol. The summed E-state index contributed by atoms with van der Waals surface area (Å²) >= 11 is 1.70. The Hall–Kier alpha value is -0.900. The molecular weight excluding hydrogens is 194 g/mol. The lowest BCUT2D eigenvalue weighted by molar-refractivity contribution is 0.329. The maximum absolute atomic E-state index is 7.84. The molecule has 1 fully saturated rings. The molecule has 1 aromatic heterocycles. The first kappa shape index (κ1) is 9.65. The standard InChI is InChI=1S/C10H15N3S/c1-2-8(10-12-5-7-14-10)13-6-3-4-9(13)11/h5,7-8,11H,2-4,6H2,1H3. The number of nitrogens with zero attached hydrogens (tertiary/aromatic N) is 2. The van der Waals surface area contributed by atoms with Gasteiger partial charge >= 0.3 is 0 Å². The number of likely N-dealkylation sites (tertiary alicyclic amines) is 1. The van der Waals surface area contributed by atoms with Crippen molar-refractivity contribution < 1.29 is 0 Å². The predicted molar refractivity (Wildman–Crippen MR) is 58.8 cm³/mol. The van der Waals surface area contributed by atoms with Crippen LogP contribution in [0.1, 0.15) is 37.2 Å². The van der Waals surface area contributed by atoms with E-state index in [0.717, 1.165) is 36.7 Å². The molecule has 1 aliphatic heterocycles. The highest BCUT2D eigenvalue weighted by molar-refractivity contribution is 7.09. The molecule has 3 nitrogen and oxygen atoms in total.